The summed E-state index contributed by atoms with van der Waals surface area (Å²) in [5, 5.41) is 4.77. The van der Waals surface area contributed by atoms with Gasteiger partial charge in [-0.15, -0.1) is 22.7 Å². The number of benzene rings is 1. The van der Waals surface area contributed by atoms with Crippen molar-refractivity contribution in [2.75, 3.05) is 6.61 Å². The Kier molecular flexibility index (Phi) is 5.63. The van der Waals surface area contributed by atoms with Gasteiger partial charge in [0.1, 0.15) is 5.75 Å². The van der Waals surface area contributed by atoms with Crippen LogP contribution in [-0.4, -0.2) is 18.3 Å². The quantitative estimate of drug-likeness (QED) is 0.628. The van der Waals surface area contributed by atoms with Gasteiger partial charge >= 0.3 is 0 Å². The number of thiophene rings is 2. The van der Waals surface area contributed by atoms with Crippen molar-refractivity contribution >= 4 is 34.4 Å². The second kappa shape index (κ2) is 8.09. The van der Waals surface area contributed by atoms with Crippen LogP contribution in [0.25, 0.3) is 0 Å². The van der Waals surface area contributed by atoms with Gasteiger partial charge in [0.15, 0.2) is 0 Å². The summed E-state index contributed by atoms with van der Waals surface area (Å²) in [6.45, 7) is 2.76. The Morgan fingerprint density at radius 3 is 2.64 bits per heavy atom. The first-order chi connectivity index (χ1) is 12.2. The first kappa shape index (κ1) is 17.4. The summed E-state index contributed by atoms with van der Waals surface area (Å²) in [5.74, 6) is 0.407. The number of amides is 1. The fourth-order valence-corrected chi connectivity index (χ4v) is 3.97. The summed E-state index contributed by atoms with van der Waals surface area (Å²) in [6.07, 6.45) is 0. The van der Waals surface area contributed by atoms with Gasteiger partial charge in [0, 0.05) is 4.88 Å². The Morgan fingerprint density at radius 2 is 1.88 bits per heavy atom. The van der Waals surface area contributed by atoms with Gasteiger partial charge in [-0.05, 0) is 42.6 Å². The van der Waals surface area contributed by atoms with Gasteiger partial charge in [-0.2, -0.15) is 0 Å². The van der Waals surface area contributed by atoms with E-state index in [-0.39, 0.29) is 11.7 Å². The number of carbonyl (C=O) groups is 2. The molecule has 0 aliphatic heterocycles. The van der Waals surface area contributed by atoms with Crippen molar-refractivity contribution in [3.05, 3.63) is 74.1 Å². The van der Waals surface area contributed by atoms with E-state index in [0.717, 1.165) is 9.75 Å². The van der Waals surface area contributed by atoms with Gasteiger partial charge in [-0.3, -0.25) is 9.59 Å². The summed E-state index contributed by atoms with van der Waals surface area (Å²) in [6, 6.07) is 14.5. The standard InChI is InChI=1S/C19H17NO3S2/c1-2-23-15-7-4-3-6-14(15)19(22)20-12-13-9-10-17(25-13)18(21)16-8-5-11-24-16/h3-11H,2,12H2,1H3,(H,20,22). The first-order valence-corrected chi connectivity index (χ1v) is 9.55. The van der Waals surface area contributed by atoms with E-state index in [2.05, 4.69) is 5.32 Å². The zero-order valence-electron chi connectivity index (χ0n) is 13.7. The van der Waals surface area contributed by atoms with Crippen molar-refractivity contribution in [1.29, 1.82) is 0 Å². The molecule has 1 aromatic carbocycles. The molecule has 0 fully saturated rings. The maximum absolute atomic E-state index is 12.4. The number of ketones is 1. The molecule has 0 saturated carbocycles. The average molecular weight is 371 g/mol. The van der Waals surface area contributed by atoms with Gasteiger partial charge < -0.3 is 10.1 Å². The molecule has 1 amide bonds. The topological polar surface area (TPSA) is 55.4 Å². The summed E-state index contributed by atoms with van der Waals surface area (Å²) in [7, 11) is 0. The van der Waals surface area contributed by atoms with Crippen LogP contribution in [0.1, 0.15) is 36.7 Å². The number of rotatable bonds is 7. The largest absolute Gasteiger partial charge is 0.493 e. The van der Waals surface area contributed by atoms with Crippen LogP contribution in [0.15, 0.2) is 53.9 Å². The number of ether oxygens (including phenoxy) is 1. The molecule has 0 saturated heterocycles. The van der Waals surface area contributed by atoms with Crippen LogP contribution >= 0.6 is 22.7 Å². The van der Waals surface area contributed by atoms with Crippen molar-refractivity contribution in [2.24, 2.45) is 0 Å². The van der Waals surface area contributed by atoms with Crippen LogP contribution in [-0.2, 0) is 6.54 Å². The lowest BCUT2D eigenvalue weighted by atomic mass is 10.2. The average Bonchev–Trinajstić information content (AvgIpc) is 3.32. The van der Waals surface area contributed by atoms with Crippen molar-refractivity contribution in [3.8, 4) is 5.75 Å². The summed E-state index contributed by atoms with van der Waals surface area (Å²) in [4.78, 5) is 27.0. The minimum Gasteiger partial charge on any atom is -0.493 e. The summed E-state index contributed by atoms with van der Waals surface area (Å²) < 4.78 is 5.49. The van der Waals surface area contributed by atoms with Crippen molar-refractivity contribution in [1.82, 2.24) is 5.32 Å². The molecule has 4 nitrogen and oxygen atoms in total. The first-order valence-electron chi connectivity index (χ1n) is 7.86. The van der Waals surface area contributed by atoms with Crippen LogP contribution in [0, 0.1) is 0 Å². The third kappa shape index (κ3) is 4.15. The molecule has 0 bridgehead atoms. The second-order valence-corrected chi connectivity index (χ2v) is 7.30. The molecule has 2 heterocycles. The minimum atomic E-state index is -0.191. The third-order valence-electron chi connectivity index (χ3n) is 3.49. The van der Waals surface area contributed by atoms with Crippen LogP contribution in [0.2, 0.25) is 0 Å². The van der Waals surface area contributed by atoms with E-state index in [1.807, 2.05) is 42.6 Å². The molecule has 3 rings (SSSR count). The lowest BCUT2D eigenvalue weighted by Crippen LogP contribution is -2.23. The number of para-hydroxylation sites is 1. The molecule has 2 aromatic heterocycles. The fourth-order valence-electron chi connectivity index (χ4n) is 2.32. The molecule has 0 unspecified atom stereocenters. The molecule has 1 N–H and O–H groups in total. The smallest absolute Gasteiger partial charge is 0.255 e. The Morgan fingerprint density at radius 1 is 1.04 bits per heavy atom. The molecule has 0 radical (unpaired) electrons. The highest BCUT2D eigenvalue weighted by molar-refractivity contribution is 7.16. The lowest BCUT2D eigenvalue weighted by Gasteiger charge is -2.09. The third-order valence-corrected chi connectivity index (χ3v) is 5.44. The molecular formula is C19H17NO3S2. The molecule has 0 aliphatic carbocycles. The Bertz CT molecular complexity index is 868. The highest BCUT2D eigenvalue weighted by atomic mass is 32.1. The maximum atomic E-state index is 12.4. The second-order valence-electron chi connectivity index (χ2n) is 5.18. The summed E-state index contributed by atoms with van der Waals surface area (Å²) in [5.41, 5.74) is 0.510. The number of nitrogens with one attached hydrogen (secondary N) is 1. The van der Waals surface area contributed by atoms with E-state index in [1.54, 1.807) is 18.2 Å². The zero-order chi connectivity index (χ0) is 17.6. The van der Waals surface area contributed by atoms with Gasteiger partial charge in [-0.25, -0.2) is 0 Å². The van der Waals surface area contributed by atoms with Gasteiger partial charge in [0.05, 0.1) is 28.5 Å². The van der Waals surface area contributed by atoms with Crippen molar-refractivity contribution < 1.29 is 14.3 Å². The molecule has 6 heteroatoms. The molecule has 0 atom stereocenters. The van der Waals surface area contributed by atoms with Gasteiger partial charge in [-0.1, -0.05) is 18.2 Å². The van der Waals surface area contributed by atoms with Crippen LogP contribution in [0.4, 0.5) is 0 Å². The predicted octanol–water partition coefficient (Wildman–Crippen LogP) is 4.37. The van der Waals surface area contributed by atoms with Crippen LogP contribution in [0.3, 0.4) is 0 Å². The van der Waals surface area contributed by atoms with E-state index in [4.69, 9.17) is 4.74 Å². The molecular weight excluding hydrogens is 354 g/mol. The fraction of sp³-hybridized carbons (Fsp3) is 0.158. The minimum absolute atomic E-state index is 0.0271. The molecule has 3 aromatic rings. The Labute approximate surface area is 154 Å². The number of hydrogen-bond donors (Lipinski definition) is 1. The highest BCUT2D eigenvalue weighted by Gasteiger charge is 2.15. The number of hydrogen-bond acceptors (Lipinski definition) is 5. The SMILES string of the molecule is CCOc1ccccc1C(=O)NCc1ccc(C(=O)c2cccs2)s1. The van der Waals surface area contributed by atoms with Gasteiger partial charge in [0.25, 0.3) is 5.91 Å². The van der Waals surface area contributed by atoms with E-state index in [0.29, 0.717) is 29.3 Å². The van der Waals surface area contributed by atoms with Crippen molar-refractivity contribution in [2.45, 2.75) is 13.5 Å². The van der Waals surface area contributed by atoms with Crippen LogP contribution in [0.5, 0.6) is 5.75 Å². The maximum Gasteiger partial charge on any atom is 0.255 e. The summed E-state index contributed by atoms with van der Waals surface area (Å²) >= 11 is 2.83. The Hall–Kier alpha value is -2.44. The molecule has 25 heavy (non-hydrogen) atoms. The van der Waals surface area contributed by atoms with Gasteiger partial charge in [0.2, 0.25) is 5.78 Å². The van der Waals surface area contributed by atoms with E-state index in [9.17, 15) is 9.59 Å². The monoisotopic (exact) mass is 371 g/mol. The lowest BCUT2D eigenvalue weighted by molar-refractivity contribution is 0.0947. The highest BCUT2D eigenvalue weighted by Crippen LogP contribution is 2.23. The molecule has 0 aliphatic rings. The number of carbonyl (C=O) groups excluding carboxylic acids is 2. The van der Waals surface area contributed by atoms with E-state index in [1.165, 1.54) is 22.7 Å². The molecule has 128 valence electrons. The van der Waals surface area contributed by atoms with E-state index >= 15 is 0 Å². The van der Waals surface area contributed by atoms with Crippen LogP contribution < -0.4 is 10.1 Å². The predicted molar refractivity (Wildman–Crippen MR) is 101 cm³/mol. The zero-order valence-corrected chi connectivity index (χ0v) is 15.3. The van der Waals surface area contributed by atoms with E-state index < -0.39 is 0 Å². The molecule has 0 spiro atoms. The Balaban J connectivity index is 1.64. The normalized spacial score (nSPS) is 10.4. The van der Waals surface area contributed by atoms with Crippen molar-refractivity contribution in [3.63, 3.8) is 0 Å².